The fourth-order valence-corrected chi connectivity index (χ4v) is 2.54. The van der Waals surface area contributed by atoms with Crippen molar-refractivity contribution in [1.29, 1.82) is 0 Å². The molecule has 0 amide bonds. The highest BCUT2D eigenvalue weighted by atomic mass is 32.2. The van der Waals surface area contributed by atoms with Crippen LogP contribution in [0, 0.1) is 0 Å². The zero-order valence-corrected chi connectivity index (χ0v) is 12.0. The highest BCUT2D eigenvalue weighted by Gasteiger charge is 2.04. The van der Waals surface area contributed by atoms with Crippen LogP contribution < -0.4 is 5.32 Å². The number of thioether (sulfide) groups is 1. The minimum atomic E-state index is 0.395. The SMILES string of the molecule is CCCCCSc1ccc(C(C)NCC)cn1. The molecule has 2 nitrogen and oxygen atoms in total. The van der Waals surface area contributed by atoms with Crippen molar-refractivity contribution in [2.24, 2.45) is 0 Å². The van der Waals surface area contributed by atoms with Crippen LogP contribution >= 0.6 is 11.8 Å². The molecule has 1 aromatic heterocycles. The van der Waals surface area contributed by atoms with Crippen LogP contribution in [0.1, 0.15) is 51.6 Å². The Morgan fingerprint density at radius 1 is 1.29 bits per heavy atom. The van der Waals surface area contributed by atoms with Crippen LogP contribution in [0.2, 0.25) is 0 Å². The molecule has 0 bridgehead atoms. The van der Waals surface area contributed by atoms with E-state index < -0.39 is 0 Å². The molecule has 96 valence electrons. The molecule has 0 spiro atoms. The zero-order valence-electron chi connectivity index (χ0n) is 11.2. The Bertz CT molecular complexity index is 298. The number of pyridine rings is 1. The van der Waals surface area contributed by atoms with E-state index in [2.05, 4.69) is 43.2 Å². The van der Waals surface area contributed by atoms with Gasteiger partial charge in [-0.15, -0.1) is 11.8 Å². The van der Waals surface area contributed by atoms with Crippen molar-refractivity contribution in [1.82, 2.24) is 10.3 Å². The first-order valence-electron chi connectivity index (χ1n) is 6.60. The molecule has 0 aliphatic carbocycles. The van der Waals surface area contributed by atoms with E-state index in [9.17, 15) is 0 Å². The van der Waals surface area contributed by atoms with Crippen molar-refractivity contribution in [3.8, 4) is 0 Å². The molecule has 1 rings (SSSR count). The zero-order chi connectivity index (χ0) is 12.5. The molecule has 3 heteroatoms. The molecule has 0 radical (unpaired) electrons. The molecule has 1 heterocycles. The minimum Gasteiger partial charge on any atom is -0.310 e. The van der Waals surface area contributed by atoms with E-state index in [1.54, 1.807) is 0 Å². The Morgan fingerprint density at radius 2 is 2.12 bits per heavy atom. The van der Waals surface area contributed by atoms with Crippen LogP contribution in [-0.4, -0.2) is 17.3 Å². The molecule has 0 aromatic carbocycles. The van der Waals surface area contributed by atoms with Gasteiger partial charge in [0.05, 0.1) is 5.03 Å². The molecule has 0 fully saturated rings. The van der Waals surface area contributed by atoms with E-state index >= 15 is 0 Å². The Morgan fingerprint density at radius 3 is 2.71 bits per heavy atom. The van der Waals surface area contributed by atoms with Crippen LogP contribution in [0.5, 0.6) is 0 Å². The third-order valence-electron chi connectivity index (χ3n) is 2.77. The summed E-state index contributed by atoms with van der Waals surface area (Å²) in [5, 5.41) is 4.54. The van der Waals surface area contributed by atoms with Crippen molar-refractivity contribution < 1.29 is 0 Å². The monoisotopic (exact) mass is 252 g/mol. The summed E-state index contributed by atoms with van der Waals surface area (Å²) in [5.74, 6) is 1.18. The van der Waals surface area contributed by atoms with Crippen LogP contribution in [0.25, 0.3) is 0 Å². The maximum atomic E-state index is 4.50. The van der Waals surface area contributed by atoms with E-state index in [-0.39, 0.29) is 0 Å². The van der Waals surface area contributed by atoms with Crippen molar-refractivity contribution in [2.75, 3.05) is 12.3 Å². The first kappa shape index (κ1) is 14.5. The maximum absolute atomic E-state index is 4.50. The first-order chi connectivity index (χ1) is 8.27. The molecule has 0 saturated carbocycles. The summed E-state index contributed by atoms with van der Waals surface area (Å²) < 4.78 is 0. The Hall–Kier alpha value is -0.540. The maximum Gasteiger partial charge on any atom is 0.0960 e. The van der Waals surface area contributed by atoms with Crippen LogP contribution in [0.4, 0.5) is 0 Å². The Balaban J connectivity index is 2.39. The lowest BCUT2D eigenvalue weighted by Gasteiger charge is -2.12. The van der Waals surface area contributed by atoms with E-state index in [4.69, 9.17) is 0 Å². The second kappa shape index (κ2) is 8.54. The number of rotatable bonds is 8. The highest BCUT2D eigenvalue weighted by Crippen LogP contribution is 2.19. The normalized spacial score (nSPS) is 12.6. The van der Waals surface area contributed by atoms with E-state index in [0.29, 0.717) is 6.04 Å². The van der Waals surface area contributed by atoms with Gasteiger partial charge in [-0.3, -0.25) is 0 Å². The number of nitrogens with one attached hydrogen (secondary N) is 1. The molecule has 0 aliphatic rings. The molecular weight excluding hydrogens is 228 g/mol. The first-order valence-corrected chi connectivity index (χ1v) is 7.58. The predicted octanol–water partition coefficient (Wildman–Crippen LogP) is 4.03. The quantitative estimate of drug-likeness (QED) is 0.558. The summed E-state index contributed by atoms with van der Waals surface area (Å²) in [6.45, 7) is 7.53. The Kier molecular flexibility index (Phi) is 7.29. The summed E-state index contributed by atoms with van der Waals surface area (Å²) >= 11 is 1.86. The third kappa shape index (κ3) is 5.55. The fourth-order valence-electron chi connectivity index (χ4n) is 1.69. The van der Waals surface area contributed by atoms with Gasteiger partial charge in [-0.2, -0.15) is 0 Å². The summed E-state index contributed by atoms with van der Waals surface area (Å²) in [4.78, 5) is 4.50. The fraction of sp³-hybridized carbons (Fsp3) is 0.643. The smallest absolute Gasteiger partial charge is 0.0960 e. The molecule has 1 atom stereocenters. The van der Waals surface area contributed by atoms with Crippen molar-refractivity contribution in [3.05, 3.63) is 23.9 Å². The van der Waals surface area contributed by atoms with Gasteiger partial charge in [0.1, 0.15) is 0 Å². The summed E-state index contributed by atoms with van der Waals surface area (Å²) in [7, 11) is 0. The third-order valence-corrected chi connectivity index (χ3v) is 3.80. The lowest BCUT2D eigenvalue weighted by molar-refractivity contribution is 0.595. The van der Waals surface area contributed by atoms with Crippen LogP contribution in [-0.2, 0) is 0 Å². The summed E-state index contributed by atoms with van der Waals surface area (Å²) in [5.41, 5.74) is 1.27. The van der Waals surface area contributed by atoms with Gasteiger partial charge < -0.3 is 5.32 Å². The second-order valence-electron chi connectivity index (χ2n) is 4.26. The molecule has 0 saturated heterocycles. The molecule has 1 unspecified atom stereocenters. The predicted molar refractivity (Wildman–Crippen MR) is 76.6 cm³/mol. The van der Waals surface area contributed by atoms with E-state index in [1.807, 2.05) is 18.0 Å². The van der Waals surface area contributed by atoms with Gasteiger partial charge in [-0.05, 0) is 37.3 Å². The second-order valence-corrected chi connectivity index (χ2v) is 5.38. The topological polar surface area (TPSA) is 24.9 Å². The van der Waals surface area contributed by atoms with Gasteiger partial charge in [0.2, 0.25) is 0 Å². The number of hydrogen-bond acceptors (Lipinski definition) is 3. The van der Waals surface area contributed by atoms with Crippen molar-refractivity contribution in [2.45, 2.75) is 51.1 Å². The average Bonchev–Trinajstić information content (AvgIpc) is 2.36. The Labute approximate surface area is 110 Å². The molecule has 17 heavy (non-hydrogen) atoms. The summed E-state index contributed by atoms with van der Waals surface area (Å²) in [6, 6.07) is 4.72. The highest BCUT2D eigenvalue weighted by molar-refractivity contribution is 7.99. The van der Waals surface area contributed by atoms with Crippen LogP contribution in [0.15, 0.2) is 23.4 Å². The number of nitrogens with zero attached hydrogens (tertiary/aromatic N) is 1. The molecule has 1 aromatic rings. The summed E-state index contributed by atoms with van der Waals surface area (Å²) in [6.07, 6.45) is 5.89. The van der Waals surface area contributed by atoms with Gasteiger partial charge in [0.15, 0.2) is 0 Å². The number of unbranched alkanes of at least 4 members (excludes halogenated alkanes) is 2. The lowest BCUT2D eigenvalue weighted by Crippen LogP contribution is -2.17. The van der Waals surface area contributed by atoms with Gasteiger partial charge in [0.25, 0.3) is 0 Å². The number of aromatic nitrogens is 1. The lowest BCUT2D eigenvalue weighted by atomic mass is 10.1. The van der Waals surface area contributed by atoms with Gasteiger partial charge in [-0.1, -0.05) is 32.8 Å². The van der Waals surface area contributed by atoms with Crippen molar-refractivity contribution >= 4 is 11.8 Å². The van der Waals surface area contributed by atoms with Gasteiger partial charge in [0, 0.05) is 12.2 Å². The molecule has 1 N–H and O–H groups in total. The molecule has 0 aliphatic heterocycles. The van der Waals surface area contributed by atoms with Crippen LogP contribution in [0.3, 0.4) is 0 Å². The van der Waals surface area contributed by atoms with Gasteiger partial charge >= 0.3 is 0 Å². The largest absolute Gasteiger partial charge is 0.310 e. The average molecular weight is 252 g/mol. The standard InChI is InChI=1S/C14H24N2S/c1-4-6-7-10-17-14-9-8-13(11-16-14)12(3)15-5-2/h8-9,11-12,15H,4-7,10H2,1-3H3. The van der Waals surface area contributed by atoms with Crippen molar-refractivity contribution in [3.63, 3.8) is 0 Å². The van der Waals surface area contributed by atoms with E-state index in [1.165, 1.54) is 30.6 Å². The molecular formula is C14H24N2S. The number of hydrogen-bond donors (Lipinski definition) is 1. The van der Waals surface area contributed by atoms with E-state index in [0.717, 1.165) is 11.6 Å². The minimum absolute atomic E-state index is 0.395. The van der Waals surface area contributed by atoms with Gasteiger partial charge in [-0.25, -0.2) is 4.98 Å².